The molecule has 0 saturated heterocycles. The van der Waals surface area contributed by atoms with E-state index in [1.165, 1.54) is 11.1 Å². The highest BCUT2D eigenvalue weighted by Crippen LogP contribution is 2.55. The van der Waals surface area contributed by atoms with E-state index in [4.69, 9.17) is 8.83 Å². The minimum absolute atomic E-state index is 0.826. The molecule has 0 aliphatic heterocycles. The number of hydrogen-bond donors (Lipinski definition) is 0. The highest BCUT2D eigenvalue weighted by molar-refractivity contribution is 6.33. The van der Waals surface area contributed by atoms with Gasteiger partial charge in [-0.3, -0.25) is 0 Å². The van der Waals surface area contributed by atoms with Gasteiger partial charge >= 0.3 is 0 Å². The maximum atomic E-state index is 7.59. The molecular weight excluding hydrogens is 1430 g/mol. The molecule has 0 aliphatic carbocycles. The van der Waals surface area contributed by atoms with Gasteiger partial charge in [-0.1, -0.05) is 352 Å². The van der Waals surface area contributed by atoms with Gasteiger partial charge in [0.25, 0.3) is 0 Å². The van der Waals surface area contributed by atoms with E-state index in [1.54, 1.807) is 0 Å². The summed E-state index contributed by atoms with van der Waals surface area (Å²) < 4.78 is 15.1. The van der Waals surface area contributed by atoms with Crippen molar-refractivity contribution in [2.24, 2.45) is 0 Å². The van der Waals surface area contributed by atoms with Crippen LogP contribution in [-0.4, -0.2) is 0 Å². The Hall–Kier alpha value is -15.8. The van der Waals surface area contributed by atoms with E-state index in [1.807, 2.05) is 0 Å². The lowest BCUT2D eigenvalue weighted by atomic mass is 9.96. The van der Waals surface area contributed by atoms with Crippen LogP contribution in [0.4, 0.5) is 68.2 Å². The third-order valence-electron chi connectivity index (χ3n) is 22.7. The summed E-state index contributed by atoms with van der Waals surface area (Å²) in [7, 11) is 0. The van der Waals surface area contributed by atoms with Crippen LogP contribution in [0.2, 0.25) is 0 Å². The molecule has 0 spiro atoms. The average molecular weight is 1510 g/mol. The summed E-state index contributed by atoms with van der Waals surface area (Å²) in [5.74, 6) is 0. The fraction of sp³-hybridized carbons (Fsp3) is 0. The molecule has 0 saturated carbocycles. The monoisotopic (exact) mass is 1510 g/mol. The van der Waals surface area contributed by atoms with Gasteiger partial charge in [0.1, 0.15) is 0 Å². The van der Waals surface area contributed by atoms with Crippen molar-refractivity contribution >= 4 is 155 Å². The number of rotatable bonds is 16. The van der Waals surface area contributed by atoms with E-state index in [0.717, 1.165) is 189 Å². The Morgan fingerprint density at radius 1 is 0.144 bits per heavy atom. The highest BCUT2D eigenvalue weighted by atomic mass is 16.3. The Morgan fingerprint density at radius 2 is 0.364 bits per heavy atom. The summed E-state index contributed by atoms with van der Waals surface area (Å²) in [5, 5.41) is 13.5. The molecule has 0 bridgehead atoms. The van der Waals surface area contributed by atoms with E-state index in [9.17, 15) is 0 Å². The summed E-state index contributed by atoms with van der Waals surface area (Å²) >= 11 is 0. The first-order valence-corrected chi connectivity index (χ1v) is 40.2. The molecule has 2 heterocycles. The van der Waals surface area contributed by atoms with Gasteiger partial charge in [0.2, 0.25) is 0 Å². The van der Waals surface area contributed by atoms with E-state index in [-0.39, 0.29) is 0 Å². The fourth-order valence-electron chi connectivity index (χ4n) is 17.5. The second kappa shape index (κ2) is 30.6. The van der Waals surface area contributed by atoms with Crippen LogP contribution in [0, 0.1) is 0 Å². The van der Waals surface area contributed by atoms with E-state index < -0.39 is 0 Å². The van der Waals surface area contributed by atoms with Gasteiger partial charge in [-0.25, -0.2) is 0 Å². The number of fused-ring (bicyclic) bond motifs is 14. The molecule has 0 amide bonds. The molecule has 6 nitrogen and oxygen atoms in total. The molecule has 22 aromatic rings. The van der Waals surface area contributed by atoms with Crippen molar-refractivity contribution in [3.63, 3.8) is 0 Å². The molecule has 6 heteroatoms. The van der Waals surface area contributed by atoms with Crippen LogP contribution in [-0.2, 0) is 0 Å². The third-order valence-corrected chi connectivity index (χ3v) is 22.7. The zero-order chi connectivity index (χ0) is 78.2. The summed E-state index contributed by atoms with van der Waals surface area (Å²) in [6.45, 7) is 0. The first-order chi connectivity index (χ1) is 58.6. The number of hydrogen-bond acceptors (Lipinski definition) is 6. The Labute approximate surface area is 684 Å². The van der Waals surface area contributed by atoms with Gasteiger partial charge in [0, 0.05) is 66.8 Å². The van der Waals surface area contributed by atoms with Gasteiger partial charge in [0.15, 0.2) is 22.3 Å². The molecular formula is C112H76N4O2. The average Bonchev–Trinajstić information content (AvgIpc) is 1.54. The van der Waals surface area contributed by atoms with Crippen LogP contribution >= 0.6 is 0 Å². The molecule has 0 N–H and O–H groups in total. The number of furan rings is 2. The zero-order valence-corrected chi connectivity index (χ0v) is 64.5. The highest BCUT2D eigenvalue weighted by Gasteiger charge is 2.31. The van der Waals surface area contributed by atoms with Crippen molar-refractivity contribution in [1.29, 1.82) is 0 Å². The molecule has 20 aromatic carbocycles. The lowest BCUT2D eigenvalue weighted by Crippen LogP contribution is -2.11. The van der Waals surface area contributed by atoms with E-state index in [0.29, 0.717) is 0 Å². The summed E-state index contributed by atoms with van der Waals surface area (Å²) in [6.07, 6.45) is 0. The summed E-state index contributed by atoms with van der Waals surface area (Å²) in [4.78, 5) is 9.45. The molecule has 0 aliphatic rings. The van der Waals surface area contributed by atoms with Crippen molar-refractivity contribution in [2.45, 2.75) is 0 Å². The smallest absolute Gasteiger partial charge is 0.160 e. The van der Waals surface area contributed by atoms with Crippen molar-refractivity contribution in [2.75, 3.05) is 19.6 Å². The van der Waals surface area contributed by atoms with Gasteiger partial charge < -0.3 is 28.4 Å². The van der Waals surface area contributed by atoms with Crippen molar-refractivity contribution < 1.29 is 8.83 Å². The fourth-order valence-corrected chi connectivity index (χ4v) is 17.5. The van der Waals surface area contributed by atoms with E-state index in [2.05, 4.69) is 481 Å². The van der Waals surface area contributed by atoms with Gasteiger partial charge in [-0.05, 0) is 186 Å². The second-order valence-corrected chi connectivity index (χ2v) is 29.8. The molecule has 118 heavy (non-hydrogen) atoms. The SMILES string of the molecule is c1ccc(-c2cccc(N(c3ccccc3)c3cc4ccccc4c4c3oc3c(N(c5ccccc5)c5cccc(-c6ccccc6)c5)cc5ccccc5c34)c2)cc1.c1ccc(-c2ccccc2N(c2ccccc2)c2cc3ccccc3c3c2oc2c(N(c4ccccc4)c4ccccc4-c4ccccc4)cc4ccccc4c23)cc1. The zero-order valence-electron chi connectivity index (χ0n) is 64.5. The Morgan fingerprint density at radius 3 is 0.669 bits per heavy atom. The molecule has 0 atom stereocenters. The number of anilines is 12. The largest absolute Gasteiger partial charge is 0.452 e. The summed E-state index contributed by atoms with van der Waals surface area (Å²) in [5.41, 5.74) is 24.8. The third kappa shape index (κ3) is 12.8. The molecule has 22 rings (SSSR count). The van der Waals surface area contributed by atoms with E-state index >= 15 is 0 Å². The molecule has 2 aromatic heterocycles. The first kappa shape index (κ1) is 70.1. The van der Waals surface area contributed by atoms with Gasteiger partial charge in [-0.2, -0.15) is 0 Å². The first-order valence-electron chi connectivity index (χ1n) is 40.2. The number of benzene rings is 20. The Kier molecular flexibility index (Phi) is 18.2. The topological polar surface area (TPSA) is 39.2 Å². The Balaban J connectivity index is 0.000000147. The van der Waals surface area contributed by atoms with Crippen LogP contribution in [0.3, 0.4) is 0 Å². The van der Waals surface area contributed by atoms with Crippen LogP contribution in [0.1, 0.15) is 0 Å². The minimum Gasteiger partial charge on any atom is -0.452 e. The predicted molar refractivity (Wildman–Crippen MR) is 498 cm³/mol. The van der Waals surface area contributed by atoms with Gasteiger partial charge in [0.05, 0.1) is 34.1 Å². The minimum atomic E-state index is 0.826. The molecule has 0 radical (unpaired) electrons. The lowest BCUT2D eigenvalue weighted by molar-refractivity contribution is 0.669. The standard InChI is InChI=1S/2C56H38N2O/c1-5-21-39(22-6-1)45-31-17-19-35-49(45)57(43-27-9-3-10-28-43)51-37-41-25-13-15-33-47(41)53-54-48-34-16-14-26-42(48)38-52(56(54)59-55(51)53)58(44-29-11-4-12-30-44)50-36-20-18-32-46(50)40-23-7-2-8-24-40;1-5-19-39(20-6-1)41-25-17-31-47(35-41)57(45-27-9-3-10-28-45)51-37-43-23-13-15-33-49(43)53-54-50-34-16-14-24-44(50)38-52(56(54)59-55(51)53)58(46-29-11-4-12-30-46)48-32-18-26-42(36-48)40-21-7-2-8-22-40/h2*1-38H. The lowest BCUT2D eigenvalue weighted by Gasteiger charge is -2.28. The van der Waals surface area contributed by atoms with Crippen molar-refractivity contribution in [3.8, 4) is 44.5 Å². The normalized spacial score (nSPS) is 11.4. The number of para-hydroxylation sites is 6. The van der Waals surface area contributed by atoms with Gasteiger partial charge in [-0.15, -0.1) is 0 Å². The molecule has 0 fully saturated rings. The van der Waals surface area contributed by atoms with Crippen LogP contribution in [0.25, 0.3) is 131 Å². The Bertz CT molecular complexity index is 6990. The maximum Gasteiger partial charge on any atom is 0.160 e. The number of nitrogens with zero attached hydrogens (tertiary/aromatic N) is 4. The van der Waals surface area contributed by atoms with Crippen LogP contribution in [0.5, 0.6) is 0 Å². The van der Waals surface area contributed by atoms with Crippen molar-refractivity contribution in [1.82, 2.24) is 0 Å². The van der Waals surface area contributed by atoms with Crippen LogP contribution in [0.15, 0.2) is 470 Å². The molecule has 556 valence electrons. The van der Waals surface area contributed by atoms with Crippen molar-refractivity contribution in [3.05, 3.63) is 461 Å². The maximum absolute atomic E-state index is 7.59. The molecule has 0 unspecified atom stereocenters. The quantitative estimate of drug-likeness (QED) is 0.0960. The summed E-state index contributed by atoms with van der Waals surface area (Å²) in [6, 6.07) is 164. The van der Waals surface area contributed by atoms with Crippen LogP contribution < -0.4 is 19.6 Å². The second-order valence-electron chi connectivity index (χ2n) is 29.8. The predicted octanol–water partition coefficient (Wildman–Crippen LogP) is 32.3.